The first-order valence-electron chi connectivity index (χ1n) is 15.2. The molecule has 1 aliphatic heterocycles. The largest absolute Gasteiger partial charge is 0.465 e. The number of amides is 2. The number of rotatable bonds is 14. The highest BCUT2D eigenvalue weighted by Crippen LogP contribution is 2.32. The van der Waals surface area contributed by atoms with Crippen LogP contribution in [0.5, 0.6) is 0 Å². The number of carboxylic acid groups (broad SMARTS) is 1. The molecule has 2 N–H and O–H groups in total. The molecule has 1 unspecified atom stereocenters. The van der Waals surface area contributed by atoms with Crippen LogP contribution in [-0.2, 0) is 25.9 Å². The van der Waals surface area contributed by atoms with Crippen molar-refractivity contribution in [3.8, 4) is 17.2 Å². The van der Waals surface area contributed by atoms with Gasteiger partial charge in [0.15, 0.2) is 12.0 Å². The van der Waals surface area contributed by atoms with Crippen LogP contribution in [-0.4, -0.2) is 67.4 Å². The lowest BCUT2D eigenvalue weighted by molar-refractivity contribution is -0.192. The van der Waals surface area contributed by atoms with Gasteiger partial charge in [0.1, 0.15) is 6.10 Å². The van der Waals surface area contributed by atoms with Crippen LogP contribution in [0, 0.1) is 11.3 Å². The number of nitrogens with one attached hydrogen (secondary N) is 1. The minimum absolute atomic E-state index is 0.124. The summed E-state index contributed by atoms with van der Waals surface area (Å²) in [6.07, 6.45) is 1.44. The molecule has 1 saturated heterocycles. The van der Waals surface area contributed by atoms with E-state index in [-0.39, 0.29) is 30.2 Å². The van der Waals surface area contributed by atoms with Crippen LogP contribution < -0.4 is 4.72 Å². The molecule has 1 aliphatic rings. The second-order valence-electron chi connectivity index (χ2n) is 11.2. The fraction of sp³-hybridized carbons (Fsp3) is 0.382. The summed E-state index contributed by atoms with van der Waals surface area (Å²) in [5.74, 6) is -1.59. The molecule has 1 heterocycles. The first-order valence-corrected chi connectivity index (χ1v) is 17.7. The first kappa shape index (κ1) is 35.0. The molecule has 2 amide bonds. The van der Waals surface area contributed by atoms with Crippen molar-refractivity contribution in [2.75, 3.05) is 25.4 Å². The van der Waals surface area contributed by atoms with Gasteiger partial charge in [0.05, 0.1) is 18.2 Å². The molecule has 1 fully saturated rings. The highest BCUT2D eigenvalue weighted by Gasteiger charge is 2.25. The lowest BCUT2D eigenvalue weighted by Gasteiger charge is -2.31. The van der Waals surface area contributed by atoms with Crippen molar-refractivity contribution in [3.63, 3.8) is 0 Å². The summed E-state index contributed by atoms with van der Waals surface area (Å²) in [5.41, 5.74) is 3.79. The summed E-state index contributed by atoms with van der Waals surface area (Å²) in [4.78, 5) is 27.0. The number of ether oxygens (including phenoxy) is 2. The summed E-state index contributed by atoms with van der Waals surface area (Å²) in [6, 6.07) is 24.1. The van der Waals surface area contributed by atoms with E-state index in [9.17, 15) is 23.1 Å². The van der Waals surface area contributed by atoms with Gasteiger partial charge in [-0.2, -0.15) is 5.26 Å². The molecule has 0 bridgehead atoms. The number of hydrogen-bond donors (Lipinski definition) is 2. The fourth-order valence-corrected chi connectivity index (χ4v) is 6.67. The highest BCUT2D eigenvalue weighted by molar-refractivity contribution is 8.00. The Morgan fingerprint density at radius 3 is 2.43 bits per heavy atom. The van der Waals surface area contributed by atoms with Gasteiger partial charge in [0.25, 0.3) is 5.91 Å². The van der Waals surface area contributed by atoms with Crippen molar-refractivity contribution >= 4 is 33.8 Å². The molecule has 0 aliphatic carbocycles. The van der Waals surface area contributed by atoms with Crippen LogP contribution in [0.1, 0.15) is 60.7 Å². The average molecular weight is 666 g/mol. The van der Waals surface area contributed by atoms with Crippen molar-refractivity contribution < 1.29 is 32.6 Å². The number of thioether (sulfide) groups is 1. The van der Waals surface area contributed by atoms with Crippen LogP contribution in [0.25, 0.3) is 11.1 Å². The van der Waals surface area contributed by atoms with Crippen LogP contribution in [0.15, 0.2) is 77.7 Å². The van der Waals surface area contributed by atoms with E-state index in [0.717, 1.165) is 41.5 Å². The minimum atomic E-state index is -4.06. The fourth-order valence-electron chi connectivity index (χ4n) is 5.05. The Kier molecular flexibility index (Phi) is 12.6. The van der Waals surface area contributed by atoms with Crippen molar-refractivity contribution in [2.24, 2.45) is 0 Å². The van der Waals surface area contributed by atoms with Crippen molar-refractivity contribution in [1.82, 2.24) is 9.62 Å². The second kappa shape index (κ2) is 16.6. The Labute approximate surface area is 274 Å². The number of carbonyl (C=O) groups is 2. The Hall–Kier alpha value is -3.89. The normalized spacial score (nSPS) is 15.6. The molecule has 0 saturated carbocycles. The van der Waals surface area contributed by atoms with Crippen molar-refractivity contribution in [2.45, 2.75) is 62.1 Å². The van der Waals surface area contributed by atoms with Gasteiger partial charge in [-0.1, -0.05) is 74.5 Å². The maximum Gasteiger partial charge on any atom is 0.407 e. The van der Waals surface area contributed by atoms with E-state index in [4.69, 9.17) is 14.7 Å². The summed E-state index contributed by atoms with van der Waals surface area (Å²) in [5, 5.41) is 18.9. The monoisotopic (exact) mass is 665 g/mol. The van der Waals surface area contributed by atoms with Gasteiger partial charge < -0.3 is 19.5 Å². The maximum absolute atomic E-state index is 12.8. The molecule has 3 aromatic rings. The Bertz CT molecular complexity index is 1620. The Morgan fingerprint density at radius 2 is 1.80 bits per heavy atom. The number of hydrogen-bond acceptors (Lipinski definition) is 8. The van der Waals surface area contributed by atoms with Gasteiger partial charge in [-0.05, 0) is 60.1 Å². The SMILES string of the molecule is CC(C)Sc1cc(-c2ccc(CCN(C[C@H](OC3CCCCO3)c3ccccc3)C(=O)O)cc2)ccc1C(=O)NS(=O)(=O)CC#N. The van der Waals surface area contributed by atoms with Crippen LogP contribution in [0.3, 0.4) is 0 Å². The zero-order valence-electron chi connectivity index (χ0n) is 25.9. The number of carbonyl (C=O) groups excluding carboxylic acids is 1. The minimum Gasteiger partial charge on any atom is -0.465 e. The average Bonchev–Trinajstić information content (AvgIpc) is 3.03. The quantitative estimate of drug-likeness (QED) is 0.191. The van der Waals surface area contributed by atoms with Gasteiger partial charge in [-0.25, -0.2) is 17.9 Å². The van der Waals surface area contributed by atoms with E-state index >= 15 is 0 Å². The molecule has 12 heteroatoms. The number of nitriles is 1. The van der Waals surface area contributed by atoms with Gasteiger partial charge in [-0.15, -0.1) is 11.8 Å². The smallest absolute Gasteiger partial charge is 0.407 e. The van der Waals surface area contributed by atoms with Crippen molar-refractivity contribution in [3.05, 3.63) is 89.5 Å². The summed E-state index contributed by atoms with van der Waals surface area (Å²) in [7, 11) is -4.06. The van der Waals surface area contributed by atoms with Gasteiger partial charge in [0, 0.05) is 23.3 Å². The summed E-state index contributed by atoms with van der Waals surface area (Å²) in [6.45, 7) is 5.03. The maximum atomic E-state index is 12.8. The van der Waals surface area contributed by atoms with Gasteiger partial charge >= 0.3 is 6.09 Å². The molecule has 10 nitrogen and oxygen atoms in total. The predicted octanol–water partition coefficient (Wildman–Crippen LogP) is 6.24. The number of sulfonamides is 1. The molecular weight excluding hydrogens is 627 g/mol. The van der Waals surface area contributed by atoms with E-state index in [1.807, 2.05) is 79.2 Å². The standard InChI is InChI=1S/C34H39N3O7S2/c1-24(2)45-31-22-28(15-16-29(31)33(38)36-46(41,42)21-18-35)26-13-11-25(12-14-26)17-19-37(34(39)40)23-30(27-8-4-3-5-9-27)44-32-10-6-7-20-43-32/h3-5,8-9,11-16,22,24,30,32H,6-7,10,17,19-21,23H2,1-2H3,(H,36,38)(H,39,40)/t30-,32?/m0/s1. The van der Waals surface area contributed by atoms with E-state index in [0.29, 0.717) is 17.9 Å². The number of benzene rings is 3. The molecule has 3 aromatic carbocycles. The zero-order chi connectivity index (χ0) is 33.1. The third-order valence-electron chi connectivity index (χ3n) is 7.33. The first-order chi connectivity index (χ1) is 22.0. The van der Waals surface area contributed by atoms with E-state index in [1.54, 1.807) is 18.2 Å². The second-order valence-corrected chi connectivity index (χ2v) is 14.6. The lowest BCUT2D eigenvalue weighted by atomic mass is 10.0. The van der Waals surface area contributed by atoms with Crippen LogP contribution in [0.2, 0.25) is 0 Å². The molecule has 0 spiro atoms. The molecule has 0 aromatic heterocycles. The van der Waals surface area contributed by atoms with Crippen LogP contribution >= 0.6 is 11.8 Å². The highest BCUT2D eigenvalue weighted by atomic mass is 32.2. The van der Waals surface area contributed by atoms with Crippen molar-refractivity contribution in [1.29, 1.82) is 5.26 Å². The lowest BCUT2D eigenvalue weighted by Crippen LogP contribution is -2.37. The molecule has 4 rings (SSSR count). The van der Waals surface area contributed by atoms with Gasteiger partial charge in [0.2, 0.25) is 10.0 Å². The number of nitrogens with zero attached hydrogens (tertiary/aromatic N) is 2. The predicted molar refractivity (Wildman–Crippen MR) is 177 cm³/mol. The topological polar surface area (TPSA) is 146 Å². The summed E-state index contributed by atoms with van der Waals surface area (Å²) >= 11 is 1.43. The van der Waals surface area contributed by atoms with Gasteiger partial charge in [-0.3, -0.25) is 4.79 Å². The molecule has 244 valence electrons. The Balaban J connectivity index is 1.45. The molecule has 0 radical (unpaired) electrons. The van der Waals surface area contributed by atoms with E-state index in [2.05, 4.69) is 0 Å². The molecule has 46 heavy (non-hydrogen) atoms. The third-order valence-corrected chi connectivity index (χ3v) is 9.40. The van der Waals surface area contributed by atoms with E-state index in [1.165, 1.54) is 16.7 Å². The third kappa shape index (κ3) is 10.3. The van der Waals surface area contributed by atoms with Crippen LogP contribution in [0.4, 0.5) is 4.79 Å². The molecular formula is C34H39N3O7S2. The summed E-state index contributed by atoms with van der Waals surface area (Å²) < 4.78 is 38.0. The zero-order valence-corrected chi connectivity index (χ0v) is 27.6. The van der Waals surface area contributed by atoms with E-state index < -0.39 is 33.9 Å². The Morgan fingerprint density at radius 1 is 1.09 bits per heavy atom. The molecule has 2 atom stereocenters.